The number of alkyl halides is 2. The zero-order valence-corrected chi connectivity index (χ0v) is 14.8. The van der Waals surface area contributed by atoms with Crippen LogP contribution in [0.25, 0.3) is 0 Å². The van der Waals surface area contributed by atoms with Crippen LogP contribution in [0.1, 0.15) is 11.1 Å². The molecule has 5 heteroatoms. The summed E-state index contributed by atoms with van der Waals surface area (Å²) in [5.74, 6) is 1.04. The van der Waals surface area contributed by atoms with Crippen LogP contribution in [0.2, 0.25) is 5.02 Å². The van der Waals surface area contributed by atoms with Crippen molar-refractivity contribution in [3.63, 3.8) is 0 Å². The van der Waals surface area contributed by atoms with Crippen molar-refractivity contribution in [2.45, 2.75) is 6.04 Å². The molecule has 0 aliphatic carbocycles. The molecule has 0 bridgehead atoms. The highest BCUT2D eigenvalue weighted by atomic mass is 35.5. The molecule has 1 atom stereocenters. The lowest BCUT2D eigenvalue weighted by molar-refractivity contribution is 0.670. The molecule has 0 aromatic heterocycles. The van der Waals surface area contributed by atoms with Crippen LogP contribution in [0.3, 0.4) is 0 Å². The van der Waals surface area contributed by atoms with Crippen LogP contribution in [0.5, 0.6) is 0 Å². The van der Waals surface area contributed by atoms with Crippen LogP contribution in [0.15, 0.2) is 53.5 Å². The van der Waals surface area contributed by atoms with Crippen molar-refractivity contribution in [3.8, 4) is 0 Å². The Labute approximate surface area is 151 Å². The summed E-state index contributed by atoms with van der Waals surface area (Å²) in [6.07, 6.45) is 0. The molecule has 0 saturated heterocycles. The molecule has 1 aliphatic heterocycles. The molecular formula is C18H17Cl3N2. The number of aliphatic imine (C=N–C) groups is 1. The summed E-state index contributed by atoms with van der Waals surface area (Å²) in [7, 11) is 0. The maximum Gasteiger partial charge on any atom is 0.0741 e. The molecule has 1 aliphatic rings. The smallest absolute Gasteiger partial charge is 0.0741 e. The monoisotopic (exact) mass is 366 g/mol. The van der Waals surface area contributed by atoms with Crippen LogP contribution in [0.4, 0.5) is 5.69 Å². The topological polar surface area (TPSA) is 15.6 Å². The molecule has 0 N–H and O–H groups in total. The SMILES string of the molecule is ClCCN1c2ccc(Cl)cc2C(c2ccccc2)=NCC1CCl. The molecule has 2 aromatic rings. The van der Waals surface area contributed by atoms with Crippen molar-refractivity contribution in [3.05, 3.63) is 64.7 Å². The van der Waals surface area contributed by atoms with Crippen LogP contribution in [-0.2, 0) is 0 Å². The first-order valence-electron chi connectivity index (χ1n) is 7.53. The fourth-order valence-corrected chi connectivity index (χ4v) is 3.51. The van der Waals surface area contributed by atoms with Gasteiger partial charge >= 0.3 is 0 Å². The van der Waals surface area contributed by atoms with Gasteiger partial charge in [0.1, 0.15) is 0 Å². The van der Waals surface area contributed by atoms with E-state index in [9.17, 15) is 0 Å². The van der Waals surface area contributed by atoms with Gasteiger partial charge in [0, 0.05) is 40.1 Å². The number of rotatable bonds is 4. The van der Waals surface area contributed by atoms with Gasteiger partial charge in [0.25, 0.3) is 0 Å². The largest absolute Gasteiger partial charge is 0.364 e. The molecule has 1 heterocycles. The van der Waals surface area contributed by atoms with E-state index < -0.39 is 0 Å². The predicted octanol–water partition coefficient (Wildman–Crippen LogP) is 4.84. The van der Waals surface area contributed by atoms with E-state index in [1.807, 2.05) is 36.4 Å². The number of fused-ring (bicyclic) bond motifs is 1. The van der Waals surface area contributed by atoms with Crippen molar-refractivity contribution in [1.29, 1.82) is 0 Å². The molecule has 120 valence electrons. The van der Waals surface area contributed by atoms with Gasteiger partial charge in [-0.2, -0.15) is 0 Å². The van der Waals surface area contributed by atoms with E-state index in [2.05, 4.69) is 17.0 Å². The van der Waals surface area contributed by atoms with Gasteiger partial charge in [0.15, 0.2) is 0 Å². The molecule has 3 rings (SSSR count). The van der Waals surface area contributed by atoms with Crippen molar-refractivity contribution >= 4 is 46.2 Å². The van der Waals surface area contributed by atoms with Crippen LogP contribution >= 0.6 is 34.8 Å². The van der Waals surface area contributed by atoms with Crippen molar-refractivity contribution in [1.82, 2.24) is 0 Å². The first kappa shape index (κ1) is 16.6. The maximum absolute atomic E-state index is 6.25. The maximum atomic E-state index is 6.25. The summed E-state index contributed by atoms with van der Waals surface area (Å²) in [5, 5.41) is 0.697. The molecule has 2 nitrogen and oxygen atoms in total. The Morgan fingerprint density at radius 2 is 1.87 bits per heavy atom. The summed E-state index contributed by atoms with van der Waals surface area (Å²) in [5.41, 5.74) is 4.15. The first-order valence-corrected chi connectivity index (χ1v) is 8.97. The minimum atomic E-state index is 0.122. The third kappa shape index (κ3) is 3.50. The molecule has 0 radical (unpaired) electrons. The lowest BCUT2D eigenvalue weighted by Gasteiger charge is -2.31. The van der Waals surface area contributed by atoms with Gasteiger partial charge in [-0.25, -0.2) is 0 Å². The quantitative estimate of drug-likeness (QED) is 0.706. The van der Waals surface area contributed by atoms with Gasteiger partial charge in [-0.15, -0.1) is 23.2 Å². The second kappa shape index (κ2) is 7.57. The first-order chi connectivity index (χ1) is 11.2. The lowest BCUT2D eigenvalue weighted by atomic mass is 10.00. The predicted molar refractivity (Wildman–Crippen MR) is 101 cm³/mol. The van der Waals surface area contributed by atoms with E-state index in [-0.39, 0.29) is 6.04 Å². The van der Waals surface area contributed by atoms with Crippen molar-refractivity contribution < 1.29 is 0 Å². The number of anilines is 1. The molecule has 1 unspecified atom stereocenters. The number of benzene rings is 2. The number of hydrogen-bond donors (Lipinski definition) is 0. The summed E-state index contributed by atoms with van der Waals surface area (Å²) < 4.78 is 0. The van der Waals surface area contributed by atoms with E-state index in [0.717, 1.165) is 29.1 Å². The minimum Gasteiger partial charge on any atom is -0.364 e. The number of nitrogens with zero attached hydrogens (tertiary/aromatic N) is 2. The Hall–Kier alpha value is -1.22. The fraction of sp³-hybridized carbons (Fsp3) is 0.278. The van der Waals surface area contributed by atoms with Gasteiger partial charge in [-0.3, -0.25) is 4.99 Å². The molecule has 0 saturated carbocycles. The summed E-state index contributed by atoms with van der Waals surface area (Å²) in [6, 6.07) is 16.2. The van der Waals surface area contributed by atoms with E-state index in [4.69, 9.17) is 39.8 Å². The second-order valence-corrected chi connectivity index (χ2v) is 6.53. The van der Waals surface area contributed by atoms with Gasteiger partial charge in [-0.1, -0.05) is 41.9 Å². The highest BCUT2D eigenvalue weighted by molar-refractivity contribution is 6.31. The highest BCUT2D eigenvalue weighted by Gasteiger charge is 2.26. The molecular weight excluding hydrogens is 351 g/mol. The second-order valence-electron chi connectivity index (χ2n) is 5.41. The average Bonchev–Trinajstić information content (AvgIpc) is 2.73. The van der Waals surface area contributed by atoms with Crippen LogP contribution in [-0.4, -0.2) is 36.6 Å². The Bertz CT molecular complexity index is 701. The van der Waals surface area contributed by atoms with Crippen LogP contribution < -0.4 is 4.90 Å². The van der Waals surface area contributed by atoms with Crippen molar-refractivity contribution in [2.24, 2.45) is 4.99 Å². The number of halogens is 3. The van der Waals surface area contributed by atoms with E-state index in [0.29, 0.717) is 23.3 Å². The third-order valence-electron chi connectivity index (χ3n) is 3.97. The van der Waals surface area contributed by atoms with Gasteiger partial charge in [0.05, 0.1) is 18.3 Å². The Morgan fingerprint density at radius 1 is 1.09 bits per heavy atom. The van der Waals surface area contributed by atoms with Gasteiger partial charge in [0.2, 0.25) is 0 Å². The normalized spacial score (nSPS) is 17.4. The summed E-state index contributed by atoms with van der Waals surface area (Å²) >= 11 is 18.5. The average molecular weight is 368 g/mol. The fourth-order valence-electron chi connectivity index (χ4n) is 2.89. The molecule has 0 spiro atoms. The van der Waals surface area contributed by atoms with Gasteiger partial charge in [-0.05, 0) is 18.2 Å². The van der Waals surface area contributed by atoms with E-state index in [1.165, 1.54) is 0 Å². The van der Waals surface area contributed by atoms with Gasteiger partial charge < -0.3 is 4.90 Å². The zero-order chi connectivity index (χ0) is 16.2. The molecule has 0 fully saturated rings. The van der Waals surface area contributed by atoms with Crippen LogP contribution in [0, 0.1) is 0 Å². The Kier molecular flexibility index (Phi) is 5.47. The summed E-state index contributed by atoms with van der Waals surface area (Å²) in [6.45, 7) is 1.36. The summed E-state index contributed by atoms with van der Waals surface area (Å²) in [4.78, 5) is 7.09. The Balaban J connectivity index is 2.16. The zero-order valence-electron chi connectivity index (χ0n) is 12.6. The molecule has 2 aromatic carbocycles. The standard InChI is InChI=1S/C18H17Cl3N2/c19-8-9-23-15(11-20)12-22-18(13-4-2-1-3-5-13)16-10-14(21)6-7-17(16)23/h1-7,10,15H,8-9,11-12H2. The lowest BCUT2D eigenvalue weighted by Crippen LogP contribution is -2.40. The highest BCUT2D eigenvalue weighted by Crippen LogP contribution is 2.31. The van der Waals surface area contributed by atoms with E-state index >= 15 is 0 Å². The third-order valence-corrected chi connectivity index (χ3v) is 4.74. The number of hydrogen-bond acceptors (Lipinski definition) is 2. The minimum absolute atomic E-state index is 0.122. The number of benzodiazepines with no additional fused rings is 1. The van der Waals surface area contributed by atoms with E-state index in [1.54, 1.807) is 0 Å². The molecule has 23 heavy (non-hydrogen) atoms. The Morgan fingerprint density at radius 3 is 2.57 bits per heavy atom. The van der Waals surface area contributed by atoms with Crippen molar-refractivity contribution in [2.75, 3.05) is 29.7 Å². The molecule has 0 amide bonds.